The average molecular weight is 1070 g/mol. The summed E-state index contributed by atoms with van der Waals surface area (Å²) in [6.07, 6.45) is -31.1. The highest BCUT2D eigenvalue weighted by Crippen LogP contribution is 2.25. The Morgan fingerprint density at radius 2 is 0.653 bits per heavy atom. The van der Waals surface area contributed by atoms with Crippen LogP contribution in [0.25, 0.3) is 0 Å². The average Bonchev–Trinajstić information content (AvgIpc) is 3.80. The number of aliphatic hydroxyl groups excluding tert-OH is 26. The fourth-order valence-corrected chi connectivity index (χ4v) is 6.95. The van der Waals surface area contributed by atoms with Crippen LogP contribution in [0.15, 0.2) is 12.7 Å². The summed E-state index contributed by atoms with van der Waals surface area (Å²) in [5.74, 6) is 0. The van der Waals surface area contributed by atoms with Gasteiger partial charge < -0.3 is 156 Å². The molecule has 0 spiro atoms. The standard InChI is InChI=1S/5C7H14O5.C6H12O6/c1-3-5(10)6(11)7(12-3)4(9)2-8;3*1-3-5(9)7(11)6(10)4(2-8)12-3;1-2-4(9)6(11)7(12)5(10)3-8;7-1-2(8)5-3(9)4(10)6(11)12-5/h4*3-11H,2H2,1H3;2,4-12H,1,3H2;2-11H,1H2/t3-,4-,5-,6-,7-;3?,4-,5-,6-,7-;3-,4+,5+,6+,7+;3-,4-,5-,6-,7-;4-,5-,6-,7-;2-,3-,4+,5-,6?/m110111/s1. The number of ether oxygens (including phenoxy) is 5. The van der Waals surface area contributed by atoms with Gasteiger partial charge >= 0.3 is 0 Å². The molecule has 0 aromatic heterocycles. The summed E-state index contributed by atoms with van der Waals surface area (Å²) in [6, 6.07) is 0. The SMILES string of the molecule is C=C[C@@H](O)[C@@H](O)[C@H](O)[C@H](O)CO.CC1O[C@H](CO)[C@@H](O)[C@H](O)[C@@H]1O.C[C@@H]1O[C@H](CO)[C@@H](O)[C@H](O)[C@@H]1O.C[C@H]1O[C@H](CO)[C@@H](O)[C@H](O)[C@@H]1O.C[C@H]1O[C@H]([C@H](O)CO)[C@H](O)[C@@H]1O.OC[C@@H](O)[C@H]1OC(O)[C@@H](O)[C@H]1O. The van der Waals surface area contributed by atoms with Crippen molar-refractivity contribution in [3.63, 3.8) is 0 Å². The maximum absolute atomic E-state index is 9.28. The van der Waals surface area contributed by atoms with Crippen LogP contribution >= 0.6 is 0 Å². The van der Waals surface area contributed by atoms with Crippen molar-refractivity contribution in [1.29, 1.82) is 0 Å². The fourth-order valence-electron chi connectivity index (χ4n) is 6.95. The van der Waals surface area contributed by atoms with Crippen molar-refractivity contribution in [2.24, 2.45) is 0 Å². The monoisotopic (exact) mass is 1070 g/mol. The molecule has 0 aromatic rings. The molecule has 0 radical (unpaired) electrons. The van der Waals surface area contributed by atoms with E-state index in [4.69, 9.17) is 95.5 Å². The molecule has 0 aromatic carbocycles. The molecule has 5 rings (SSSR count). The van der Waals surface area contributed by atoms with Crippen LogP contribution in [0.3, 0.4) is 0 Å². The zero-order valence-corrected chi connectivity index (χ0v) is 39.9. The van der Waals surface area contributed by atoms with E-state index in [0.717, 1.165) is 6.08 Å². The van der Waals surface area contributed by atoms with Gasteiger partial charge in [0.25, 0.3) is 0 Å². The van der Waals surface area contributed by atoms with Gasteiger partial charge in [0.1, 0.15) is 146 Å². The normalized spacial score (nSPS) is 43.1. The Labute approximate surface area is 413 Å². The Bertz CT molecular complexity index is 1280. The lowest BCUT2D eigenvalue weighted by Crippen LogP contribution is -2.57. The van der Waals surface area contributed by atoms with E-state index in [9.17, 15) is 56.2 Å². The molecule has 5 saturated heterocycles. The molecule has 26 N–H and O–H groups in total. The summed E-state index contributed by atoms with van der Waals surface area (Å²) in [6.45, 7) is 6.64. The zero-order chi connectivity index (χ0) is 56.2. The van der Waals surface area contributed by atoms with Crippen LogP contribution in [0.2, 0.25) is 0 Å². The van der Waals surface area contributed by atoms with Gasteiger partial charge in [-0.1, -0.05) is 6.08 Å². The van der Waals surface area contributed by atoms with E-state index in [2.05, 4.69) is 11.3 Å². The molecule has 5 aliphatic rings. The van der Waals surface area contributed by atoms with Crippen molar-refractivity contribution in [3.8, 4) is 0 Å². The molecule has 5 aliphatic heterocycles. The third-order valence-corrected chi connectivity index (χ3v) is 11.9. The molecule has 432 valence electrons. The Morgan fingerprint density at radius 3 is 0.889 bits per heavy atom. The van der Waals surface area contributed by atoms with Crippen molar-refractivity contribution < 1.29 is 156 Å². The minimum absolute atomic E-state index is 0.366. The lowest BCUT2D eigenvalue weighted by atomic mass is 9.96. The van der Waals surface area contributed by atoms with Gasteiger partial charge in [0, 0.05) is 0 Å². The molecular formula is C41H82O31. The summed E-state index contributed by atoms with van der Waals surface area (Å²) in [5, 5.41) is 234. The molecule has 2 unspecified atom stereocenters. The number of hydrogen-bond donors (Lipinski definition) is 26. The van der Waals surface area contributed by atoms with Crippen molar-refractivity contribution in [1.82, 2.24) is 0 Å². The van der Waals surface area contributed by atoms with Gasteiger partial charge in [-0.25, -0.2) is 0 Å². The lowest BCUT2D eigenvalue weighted by Gasteiger charge is -2.38. The van der Waals surface area contributed by atoms with Crippen LogP contribution in [-0.4, -0.2) is 350 Å². The Balaban J connectivity index is 0.000000840. The van der Waals surface area contributed by atoms with Gasteiger partial charge in [-0.15, -0.1) is 6.58 Å². The van der Waals surface area contributed by atoms with Gasteiger partial charge in [0.2, 0.25) is 0 Å². The minimum Gasteiger partial charge on any atom is -0.394 e. The summed E-state index contributed by atoms with van der Waals surface area (Å²) in [5.41, 5.74) is 0. The molecule has 5 heterocycles. The maximum Gasteiger partial charge on any atom is 0.184 e. The third kappa shape index (κ3) is 20.1. The predicted octanol–water partition coefficient (Wildman–Crippen LogP) is -14.2. The zero-order valence-electron chi connectivity index (χ0n) is 39.9. The van der Waals surface area contributed by atoms with E-state index in [1.807, 2.05) is 0 Å². The van der Waals surface area contributed by atoms with E-state index in [1.165, 1.54) is 0 Å². The summed E-state index contributed by atoms with van der Waals surface area (Å²) >= 11 is 0. The van der Waals surface area contributed by atoms with Crippen molar-refractivity contribution in [2.75, 3.05) is 39.6 Å². The molecular weight excluding hydrogens is 988 g/mol. The highest BCUT2D eigenvalue weighted by Gasteiger charge is 2.46. The minimum atomic E-state index is -1.58. The second kappa shape index (κ2) is 34.3. The maximum atomic E-state index is 9.28. The molecule has 72 heavy (non-hydrogen) atoms. The largest absolute Gasteiger partial charge is 0.394 e. The van der Waals surface area contributed by atoms with Gasteiger partial charge in [0.15, 0.2) is 6.29 Å². The smallest absolute Gasteiger partial charge is 0.184 e. The van der Waals surface area contributed by atoms with E-state index >= 15 is 0 Å². The quantitative estimate of drug-likeness (QED) is 0.0807. The number of aliphatic hydroxyl groups is 26. The Kier molecular flexibility index (Phi) is 33.6. The van der Waals surface area contributed by atoms with Crippen molar-refractivity contribution in [3.05, 3.63) is 12.7 Å². The van der Waals surface area contributed by atoms with Crippen LogP contribution in [0.1, 0.15) is 27.7 Å². The van der Waals surface area contributed by atoms with Crippen LogP contribution in [0.5, 0.6) is 0 Å². The molecule has 29 atom stereocenters. The van der Waals surface area contributed by atoms with Gasteiger partial charge in [-0.3, -0.25) is 0 Å². The molecule has 31 nitrogen and oxygen atoms in total. The lowest BCUT2D eigenvalue weighted by molar-refractivity contribution is -0.224. The summed E-state index contributed by atoms with van der Waals surface area (Å²) in [4.78, 5) is 0. The van der Waals surface area contributed by atoms with E-state index in [1.54, 1.807) is 27.7 Å². The first-order valence-corrected chi connectivity index (χ1v) is 22.6. The fraction of sp³-hybridized carbons (Fsp3) is 0.951. The molecule has 0 amide bonds. The van der Waals surface area contributed by atoms with Gasteiger partial charge in [0.05, 0.1) is 64.1 Å². The molecule has 0 bridgehead atoms. The van der Waals surface area contributed by atoms with Gasteiger partial charge in [-0.2, -0.15) is 0 Å². The first-order valence-electron chi connectivity index (χ1n) is 22.6. The first kappa shape index (κ1) is 70.5. The van der Waals surface area contributed by atoms with E-state index < -0.39 is 197 Å². The number of hydrogen-bond acceptors (Lipinski definition) is 31. The third-order valence-electron chi connectivity index (χ3n) is 11.9. The van der Waals surface area contributed by atoms with Crippen LogP contribution in [0.4, 0.5) is 0 Å². The van der Waals surface area contributed by atoms with Crippen molar-refractivity contribution >= 4 is 0 Å². The highest BCUT2D eigenvalue weighted by atomic mass is 16.7. The Morgan fingerprint density at radius 1 is 0.361 bits per heavy atom. The molecule has 0 aliphatic carbocycles. The summed E-state index contributed by atoms with van der Waals surface area (Å²) < 4.78 is 24.7. The molecule has 31 heteroatoms. The van der Waals surface area contributed by atoms with Gasteiger partial charge in [-0.05, 0) is 27.7 Å². The van der Waals surface area contributed by atoms with Crippen LogP contribution in [-0.2, 0) is 23.7 Å². The van der Waals surface area contributed by atoms with E-state index in [-0.39, 0.29) is 19.8 Å². The van der Waals surface area contributed by atoms with E-state index in [0.29, 0.717) is 0 Å². The molecule has 0 saturated carbocycles. The number of rotatable bonds is 12. The van der Waals surface area contributed by atoms with Crippen molar-refractivity contribution in [2.45, 2.75) is 205 Å². The van der Waals surface area contributed by atoms with Crippen LogP contribution in [0, 0.1) is 0 Å². The topological polar surface area (TPSA) is 572 Å². The predicted molar refractivity (Wildman–Crippen MR) is 235 cm³/mol. The Hall–Kier alpha value is -1.50. The summed E-state index contributed by atoms with van der Waals surface area (Å²) in [7, 11) is 0. The second-order valence-corrected chi connectivity index (χ2v) is 17.3. The second-order valence-electron chi connectivity index (χ2n) is 17.3. The molecule has 5 fully saturated rings. The first-order chi connectivity index (χ1) is 33.4. The highest BCUT2D eigenvalue weighted by molar-refractivity contribution is 4.94. The van der Waals surface area contributed by atoms with Crippen LogP contribution < -0.4 is 0 Å².